The molecule has 0 fully saturated rings. The minimum absolute atomic E-state index is 0. The summed E-state index contributed by atoms with van der Waals surface area (Å²) in [5.41, 5.74) is 0. The van der Waals surface area contributed by atoms with Crippen LogP contribution >= 0.6 is 35.1 Å². The first kappa shape index (κ1) is 13.9. The number of sulfonamides is 1. The van der Waals surface area contributed by atoms with Crippen molar-refractivity contribution in [2.75, 3.05) is 7.05 Å². The van der Waals surface area contributed by atoms with Gasteiger partial charge in [-0.05, 0) is 19.2 Å². The van der Waals surface area contributed by atoms with Crippen LogP contribution in [0.4, 0.5) is 0 Å². The maximum absolute atomic E-state index is 11.1. The Kier molecular flexibility index (Phi) is 4.33. The molecular formula is C8H11ClN2O2S3. The lowest BCUT2D eigenvalue weighted by atomic mass is 10.4. The maximum Gasteiger partial charge on any atom is 0.247 e. The van der Waals surface area contributed by atoms with E-state index in [1.807, 2.05) is 13.1 Å². The van der Waals surface area contributed by atoms with Crippen LogP contribution in [0.3, 0.4) is 0 Å². The number of fused-ring (bicyclic) bond motifs is 1. The Morgan fingerprint density at radius 3 is 2.56 bits per heavy atom. The van der Waals surface area contributed by atoms with Crippen LogP contribution in [0.25, 0.3) is 9.40 Å². The molecule has 2 rings (SSSR count). The van der Waals surface area contributed by atoms with Crippen molar-refractivity contribution in [3.05, 3.63) is 17.0 Å². The minimum Gasteiger partial charge on any atom is -0.315 e. The largest absolute Gasteiger partial charge is 0.315 e. The van der Waals surface area contributed by atoms with Crippen molar-refractivity contribution in [3.8, 4) is 0 Å². The lowest BCUT2D eigenvalue weighted by molar-refractivity contribution is 0.600. The summed E-state index contributed by atoms with van der Waals surface area (Å²) in [5, 5.41) is 9.06. The van der Waals surface area contributed by atoms with E-state index in [1.165, 1.54) is 16.2 Å². The highest BCUT2D eigenvalue weighted by Crippen LogP contribution is 2.35. The van der Waals surface area contributed by atoms with Crippen LogP contribution in [-0.4, -0.2) is 15.5 Å². The highest BCUT2D eigenvalue weighted by molar-refractivity contribution is 7.91. The highest BCUT2D eigenvalue weighted by Gasteiger charge is 2.14. The molecule has 0 unspecified atom stereocenters. The average Bonchev–Trinajstić information content (AvgIpc) is 2.59. The second kappa shape index (κ2) is 4.99. The number of nitrogens with one attached hydrogen (secondary N) is 1. The number of primary sulfonamides is 1. The molecule has 2 heterocycles. The van der Waals surface area contributed by atoms with E-state index in [4.69, 9.17) is 5.14 Å². The monoisotopic (exact) mass is 298 g/mol. The van der Waals surface area contributed by atoms with E-state index in [1.54, 1.807) is 17.4 Å². The van der Waals surface area contributed by atoms with Crippen LogP contribution in [-0.2, 0) is 16.6 Å². The smallest absolute Gasteiger partial charge is 0.247 e. The standard InChI is InChI=1S/C8H10N2O2S3.ClH/c1-10-4-6-2-5-3-7(15(9,11)12)14-8(5)13-6;/h2-3,10H,4H2,1H3,(H2,9,11,12);1H. The quantitative estimate of drug-likeness (QED) is 0.907. The molecule has 0 aliphatic heterocycles. The van der Waals surface area contributed by atoms with Crippen molar-refractivity contribution in [1.29, 1.82) is 0 Å². The SMILES string of the molecule is CNCc1cc2cc(S(N)(=O)=O)sc2s1.Cl. The number of hydrogen-bond acceptors (Lipinski definition) is 5. The fourth-order valence-electron chi connectivity index (χ4n) is 1.27. The van der Waals surface area contributed by atoms with Crippen molar-refractivity contribution in [2.24, 2.45) is 5.14 Å². The first-order chi connectivity index (χ1) is 7.00. The summed E-state index contributed by atoms with van der Waals surface area (Å²) in [6.07, 6.45) is 0. The summed E-state index contributed by atoms with van der Waals surface area (Å²) in [7, 11) is -1.67. The lowest BCUT2D eigenvalue weighted by Crippen LogP contribution is -2.09. The minimum atomic E-state index is -3.55. The van der Waals surface area contributed by atoms with E-state index in [-0.39, 0.29) is 16.6 Å². The molecule has 0 bridgehead atoms. The number of rotatable bonds is 3. The van der Waals surface area contributed by atoms with Crippen LogP contribution < -0.4 is 10.5 Å². The number of halogens is 1. The molecule has 0 saturated heterocycles. The van der Waals surface area contributed by atoms with E-state index in [9.17, 15) is 8.42 Å². The molecule has 2 aromatic rings. The highest BCUT2D eigenvalue weighted by atomic mass is 35.5. The molecule has 0 aliphatic rings. The van der Waals surface area contributed by atoms with Gasteiger partial charge in [0.05, 0.1) is 4.01 Å². The summed E-state index contributed by atoms with van der Waals surface area (Å²) in [5.74, 6) is 0. The van der Waals surface area contributed by atoms with E-state index >= 15 is 0 Å². The molecular weight excluding hydrogens is 288 g/mol. The summed E-state index contributed by atoms with van der Waals surface area (Å²) >= 11 is 2.82. The van der Waals surface area contributed by atoms with Crippen LogP contribution in [0.1, 0.15) is 4.88 Å². The fraction of sp³-hybridized carbons (Fsp3) is 0.250. The van der Waals surface area contributed by atoms with Crippen LogP contribution in [0, 0.1) is 0 Å². The van der Waals surface area contributed by atoms with Gasteiger partial charge in [-0.25, -0.2) is 13.6 Å². The molecule has 0 radical (unpaired) electrons. The average molecular weight is 299 g/mol. The normalized spacial score (nSPS) is 11.6. The molecule has 16 heavy (non-hydrogen) atoms. The van der Waals surface area contributed by atoms with Gasteiger partial charge in [0.25, 0.3) is 0 Å². The van der Waals surface area contributed by atoms with Crippen LogP contribution in [0.5, 0.6) is 0 Å². The molecule has 90 valence electrons. The Balaban J connectivity index is 0.00000128. The van der Waals surface area contributed by atoms with Gasteiger partial charge >= 0.3 is 0 Å². The van der Waals surface area contributed by atoms with E-state index in [0.717, 1.165) is 15.9 Å². The zero-order chi connectivity index (χ0) is 11.1. The molecule has 2 aromatic heterocycles. The number of hydrogen-bond donors (Lipinski definition) is 2. The van der Waals surface area contributed by atoms with Crippen molar-refractivity contribution in [1.82, 2.24) is 5.32 Å². The fourth-order valence-corrected chi connectivity index (χ4v) is 4.67. The van der Waals surface area contributed by atoms with E-state index in [0.29, 0.717) is 0 Å². The Bertz CT molecular complexity index is 556. The zero-order valence-electron chi connectivity index (χ0n) is 8.39. The maximum atomic E-state index is 11.1. The van der Waals surface area contributed by atoms with Gasteiger partial charge < -0.3 is 5.32 Å². The molecule has 3 N–H and O–H groups in total. The second-order valence-corrected chi connectivity index (χ2v) is 7.33. The van der Waals surface area contributed by atoms with Crippen molar-refractivity contribution in [2.45, 2.75) is 10.8 Å². The Hall–Kier alpha value is -0.180. The van der Waals surface area contributed by atoms with Gasteiger partial charge in [-0.3, -0.25) is 0 Å². The summed E-state index contributed by atoms with van der Waals surface area (Å²) in [6.45, 7) is 0.802. The Morgan fingerprint density at radius 1 is 1.38 bits per heavy atom. The Morgan fingerprint density at radius 2 is 2.06 bits per heavy atom. The van der Waals surface area contributed by atoms with Gasteiger partial charge in [0, 0.05) is 16.8 Å². The second-order valence-electron chi connectivity index (χ2n) is 3.10. The third-order valence-electron chi connectivity index (χ3n) is 1.87. The van der Waals surface area contributed by atoms with Gasteiger partial charge in [-0.1, -0.05) is 0 Å². The lowest BCUT2D eigenvalue weighted by Gasteiger charge is -1.91. The summed E-state index contributed by atoms with van der Waals surface area (Å²) in [6, 6.07) is 3.62. The van der Waals surface area contributed by atoms with Crippen molar-refractivity contribution < 1.29 is 8.42 Å². The van der Waals surface area contributed by atoms with Gasteiger partial charge in [-0.2, -0.15) is 0 Å². The van der Waals surface area contributed by atoms with Crippen molar-refractivity contribution in [3.63, 3.8) is 0 Å². The molecule has 0 saturated carbocycles. The molecule has 0 atom stereocenters. The van der Waals surface area contributed by atoms with E-state index in [2.05, 4.69) is 5.32 Å². The summed E-state index contributed by atoms with van der Waals surface area (Å²) in [4.78, 5) is 1.19. The molecule has 0 aromatic carbocycles. The predicted octanol–water partition coefficient (Wildman–Crippen LogP) is 1.75. The number of nitrogens with two attached hydrogens (primary N) is 1. The Labute approximate surface area is 108 Å². The first-order valence-electron chi connectivity index (χ1n) is 4.20. The van der Waals surface area contributed by atoms with Crippen molar-refractivity contribution >= 4 is 54.5 Å². The van der Waals surface area contributed by atoms with Gasteiger partial charge in [0.15, 0.2) is 0 Å². The van der Waals surface area contributed by atoms with Gasteiger partial charge in [0.1, 0.15) is 4.21 Å². The van der Waals surface area contributed by atoms with Gasteiger partial charge in [-0.15, -0.1) is 35.1 Å². The van der Waals surface area contributed by atoms with Gasteiger partial charge in [0.2, 0.25) is 10.0 Å². The first-order valence-corrected chi connectivity index (χ1v) is 7.38. The molecule has 4 nitrogen and oxygen atoms in total. The van der Waals surface area contributed by atoms with Crippen LogP contribution in [0.15, 0.2) is 16.3 Å². The third kappa shape index (κ3) is 2.73. The topological polar surface area (TPSA) is 72.2 Å². The van der Waals surface area contributed by atoms with Crippen LogP contribution in [0.2, 0.25) is 0 Å². The molecule has 0 aliphatic carbocycles. The predicted molar refractivity (Wildman–Crippen MR) is 71.1 cm³/mol. The molecule has 8 heteroatoms. The summed E-state index contributed by atoms with van der Waals surface area (Å²) < 4.78 is 23.4. The molecule has 0 spiro atoms. The van der Waals surface area contributed by atoms with E-state index < -0.39 is 10.0 Å². The third-order valence-corrected chi connectivity index (χ3v) is 5.69. The zero-order valence-corrected chi connectivity index (χ0v) is 11.7. The number of thiophene rings is 2. The molecule has 0 amide bonds.